The van der Waals surface area contributed by atoms with Crippen LogP contribution < -0.4 is 4.72 Å². The summed E-state index contributed by atoms with van der Waals surface area (Å²) < 4.78 is 36.6. The highest BCUT2D eigenvalue weighted by Crippen LogP contribution is 2.27. The van der Waals surface area contributed by atoms with Gasteiger partial charge in [-0.3, -0.25) is 0 Å². The summed E-state index contributed by atoms with van der Waals surface area (Å²) in [5.74, 6) is -0.667. The van der Waals surface area contributed by atoms with Crippen molar-refractivity contribution in [3.05, 3.63) is 15.8 Å². The van der Waals surface area contributed by atoms with Crippen molar-refractivity contribution in [3.8, 4) is 0 Å². The van der Waals surface area contributed by atoms with Gasteiger partial charge >= 0.3 is 5.97 Å². The number of nitrogens with one attached hydrogen (secondary N) is 1. The van der Waals surface area contributed by atoms with Crippen molar-refractivity contribution in [2.24, 2.45) is 0 Å². The first-order chi connectivity index (χ1) is 9.94. The number of aryl methyl sites for hydroxylation is 1. The van der Waals surface area contributed by atoms with Gasteiger partial charge in [-0.25, -0.2) is 17.9 Å². The van der Waals surface area contributed by atoms with Crippen LogP contribution in [-0.4, -0.2) is 53.0 Å². The van der Waals surface area contributed by atoms with Crippen LogP contribution in [0.25, 0.3) is 0 Å². The second-order valence-corrected chi connectivity index (χ2v) is 6.74. The third-order valence-electron chi connectivity index (χ3n) is 2.55. The standard InChI is InChI=1S/C12H19NO6S2/c1-9-8-20-10(12(15)18-2)11(9)21(16,17)13-4-3-6-19-7-5-14/h8,13-14H,3-7H2,1-2H3. The Morgan fingerprint density at radius 2 is 2.14 bits per heavy atom. The molecule has 0 radical (unpaired) electrons. The molecule has 0 aliphatic rings. The third kappa shape index (κ3) is 5.04. The fourth-order valence-electron chi connectivity index (χ4n) is 1.62. The van der Waals surface area contributed by atoms with Crippen molar-refractivity contribution >= 4 is 27.3 Å². The zero-order valence-corrected chi connectivity index (χ0v) is 13.6. The van der Waals surface area contributed by atoms with Crippen LogP contribution >= 0.6 is 11.3 Å². The van der Waals surface area contributed by atoms with Crippen molar-refractivity contribution in [2.75, 3.05) is 33.5 Å². The van der Waals surface area contributed by atoms with Crippen LogP contribution in [0.5, 0.6) is 0 Å². The Hall–Kier alpha value is -1.00. The molecule has 1 aromatic heterocycles. The number of carbonyl (C=O) groups excluding carboxylic acids is 1. The molecule has 0 unspecified atom stereocenters. The van der Waals surface area contributed by atoms with Crippen LogP contribution in [0.4, 0.5) is 0 Å². The number of methoxy groups -OCH3 is 1. The molecule has 0 amide bonds. The summed E-state index contributed by atoms with van der Waals surface area (Å²) in [5.41, 5.74) is 0.504. The van der Waals surface area contributed by atoms with Gasteiger partial charge in [0.25, 0.3) is 0 Å². The van der Waals surface area contributed by atoms with Gasteiger partial charge < -0.3 is 14.6 Å². The summed E-state index contributed by atoms with van der Waals surface area (Å²) in [5, 5.41) is 10.1. The fourth-order valence-corrected chi connectivity index (χ4v) is 4.40. The number of aliphatic hydroxyl groups excluding tert-OH is 1. The van der Waals surface area contributed by atoms with Crippen LogP contribution in [0.15, 0.2) is 10.3 Å². The molecular weight excluding hydrogens is 318 g/mol. The summed E-state index contributed by atoms with van der Waals surface area (Å²) in [6.45, 7) is 2.31. The highest BCUT2D eigenvalue weighted by atomic mass is 32.2. The maximum atomic E-state index is 12.3. The highest BCUT2D eigenvalue weighted by Gasteiger charge is 2.27. The quantitative estimate of drug-likeness (QED) is 0.503. The average molecular weight is 337 g/mol. The van der Waals surface area contributed by atoms with E-state index < -0.39 is 16.0 Å². The number of aliphatic hydroxyl groups is 1. The molecule has 0 bridgehead atoms. The number of rotatable bonds is 9. The highest BCUT2D eigenvalue weighted by molar-refractivity contribution is 7.89. The van der Waals surface area contributed by atoms with Crippen molar-refractivity contribution in [3.63, 3.8) is 0 Å². The maximum absolute atomic E-state index is 12.3. The summed E-state index contributed by atoms with van der Waals surface area (Å²) in [6, 6.07) is 0. The Kier molecular flexibility index (Phi) is 7.26. The van der Waals surface area contributed by atoms with Gasteiger partial charge in [-0.05, 0) is 24.3 Å². The first-order valence-electron chi connectivity index (χ1n) is 6.28. The van der Waals surface area contributed by atoms with Crippen LogP contribution in [0.3, 0.4) is 0 Å². The minimum absolute atomic E-state index is 0.0318. The average Bonchev–Trinajstić information content (AvgIpc) is 2.84. The zero-order chi connectivity index (χ0) is 15.9. The van der Waals surface area contributed by atoms with Gasteiger partial charge in [0.05, 0.1) is 20.3 Å². The summed E-state index contributed by atoms with van der Waals surface area (Å²) >= 11 is 1.04. The van der Waals surface area contributed by atoms with Gasteiger partial charge in [-0.2, -0.15) is 0 Å². The van der Waals surface area contributed by atoms with E-state index in [9.17, 15) is 13.2 Å². The molecule has 0 aliphatic heterocycles. The molecule has 0 saturated carbocycles. The Balaban J connectivity index is 2.70. The molecule has 1 aromatic rings. The van der Waals surface area contributed by atoms with Gasteiger partial charge in [-0.15, -0.1) is 11.3 Å². The lowest BCUT2D eigenvalue weighted by Crippen LogP contribution is -2.27. The lowest BCUT2D eigenvalue weighted by Gasteiger charge is -2.08. The van der Waals surface area contributed by atoms with Crippen molar-refractivity contribution in [2.45, 2.75) is 18.2 Å². The van der Waals surface area contributed by atoms with E-state index in [0.29, 0.717) is 18.6 Å². The molecule has 21 heavy (non-hydrogen) atoms. The van der Waals surface area contributed by atoms with E-state index in [-0.39, 0.29) is 29.5 Å². The molecule has 0 saturated heterocycles. The topological polar surface area (TPSA) is 102 Å². The number of esters is 1. The van der Waals surface area contributed by atoms with E-state index in [2.05, 4.69) is 9.46 Å². The first kappa shape index (κ1) is 18.1. The molecule has 0 aromatic carbocycles. The largest absolute Gasteiger partial charge is 0.465 e. The monoisotopic (exact) mass is 337 g/mol. The van der Waals surface area contributed by atoms with Gasteiger partial charge in [0.1, 0.15) is 9.77 Å². The van der Waals surface area contributed by atoms with Crippen molar-refractivity contribution < 1.29 is 27.8 Å². The van der Waals surface area contributed by atoms with Crippen LogP contribution in [0.2, 0.25) is 0 Å². The smallest absolute Gasteiger partial charge is 0.349 e. The Bertz CT molecular complexity index is 566. The molecule has 9 heteroatoms. The predicted molar refractivity (Wildman–Crippen MR) is 78.1 cm³/mol. The first-order valence-corrected chi connectivity index (χ1v) is 8.65. The van der Waals surface area contributed by atoms with E-state index in [0.717, 1.165) is 11.3 Å². The molecule has 1 rings (SSSR count). The van der Waals surface area contributed by atoms with E-state index in [1.807, 2.05) is 0 Å². The number of carbonyl (C=O) groups is 1. The van der Waals surface area contributed by atoms with Gasteiger partial charge in [0.15, 0.2) is 0 Å². The number of thiophene rings is 1. The second kappa shape index (κ2) is 8.44. The normalized spacial score (nSPS) is 11.6. The summed E-state index contributed by atoms with van der Waals surface area (Å²) in [4.78, 5) is 11.6. The maximum Gasteiger partial charge on any atom is 0.349 e. The Morgan fingerprint density at radius 1 is 1.43 bits per heavy atom. The lowest BCUT2D eigenvalue weighted by atomic mass is 10.3. The SMILES string of the molecule is COC(=O)c1scc(C)c1S(=O)(=O)NCCCOCCO. The molecule has 1 heterocycles. The Morgan fingerprint density at radius 3 is 2.76 bits per heavy atom. The number of sulfonamides is 1. The molecule has 0 spiro atoms. The number of hydrogen-bond donors (Lipinski definition) is 2. The van der Waals surface area contributed by atoms with Crippen molar-refractivity contribution in [1.29, 1.82) is 0 Å². The molecule has 2 N–H and O–H groups in total. The van der Waals surface area contributed by atoms with E-state index in [1.54, 1.807) is 12.3 Å². The third-order valence-corrected chi connectivity index (χ3v) is 5.41. The van der Waals surface area contributed by atoms with Gasteiger partial charge in [0.2, 0.25) is 10.0 Å². The minimum atomic E-state index is -3.77. The van der Waals surface area contributed by atoms with Gasteiger partial charge in [-0.1, -0.05) is 0 Å². The predicted octanol–water partition coefficient (Wildman–Crippen LogP) is 0.520. The molecule has 120 valence electrons. The Labute approximate surface area is 127 Å². The molecule has 0 atom stereocenters. The fraction of sp³-hybridized carbons (Fsp3) is 0.583. The summed E-state index contributed by atoms with van der Waals surface area (Å²) in [7, 11) is -2.56. The van der Waals surface area contributed by atoms with Crippen LogP contribution in [0.1, 0.15) is 21.7 Å². The second-order valence-electron chi connectivity index (χ2n) is 4.16. The van der Waals surface area contributed by atoms with Crippen molar-refractivity contribution in [1.82, 2.24) is 4.72 Å². The van der Waals surface area contributed by atoms with E-state index in [1.165, 1.54) is 7.11 Å². The lowest BCUT2D eigenvalue weighted by molar-refractivity contribution is 0.0602. The van der Waals surface area contributed by atoms with Gasteiger partial charge in [0, 0.05) is 13.2 Å². The molecule has 0 fully saturated rings. The van der Waals surface area contributed by atoms with E-state index >= 15 is 0 Å². The van der Waals surface area contributed by atoms with Crippen LogP contribution in [0, 0.1) is 6.92 Å². The number of hydrogen-bond acceptors (Lipinski definition) is 7. The summed E-state index contributed by atoms with van der Waals surface area (Å²) in [6.07, 6.45) is 0.468. The molecule has 0 aliphatic carbocycles. The van der Waals surface area contributed by atoms with Crippen LogP contribution in [-0.2, 0) is 19.5 Å². The number of ether oxygens (including phenoxy) is 2. The minimum Gasteiger partial charge on any atom is -0.465 e. The molecule has 7 nitrogen and oxygen atoms in total. The van der Waals surface area contributed by atoms with E-state index in [4.69, 9.17) is 9.84 Å². The molecular formula is C12H19NO6S2. The zero-order valence-electron chi connectivity index (χ0n) is 11.9.